The number of hydrogen-bond donors (Lipinski definition) is 3. The monoisotopic (exact) mass is 549 g/mol. The first-order valence-electron chi connectivity index (χ1n) is 13.2. The van der Waals surface area contributed by atoms with E-state index in [2.05, 4.69) is 30.6 Å². The highest BCUT2D eigenvalue weighted by Gasteiger charge is 2.54. The molecule has 4 aromatic rings. The van der Waals surface area contributed by atoms with Crippen molar-refractivity contribution >= 4 is 34.0 Å². The molecule has 1 saturated heterocycles. The van der Waals surface area contributed by atoms with Gasteiger partial charge in [-0.15, -0.1) is 0 Å². The molecule has 3 heterocycles. The van der Waals surface area contributed by atoms with Crippen LogP contribution in [0.1, 0.15) is 6.42 Å². The number of fused-ring (bicyclic) bond motifs is 2. The topological polar surface area (TPSA) is 117 Å². The average Bonchev–Trinajstić information content (AvgIpc) is 3.22. The van der Waals surface area contributed by atoms with Gasteiger partial charge < -0.3 is 25.4 Å². The summed E-state index contributed by atoms with van der Waals surface area (Å²) < 4.78 is 34.5. The normalized spacial score (nSPS) is 19.9. The van der Waals surface area contributed by atoms with E-state index in [0.717, 1.165) is 43.3 Å². The lowest BCUT2D eigenvalue weighted by atomic mass is 10.2. The van der Waals surface area contributed by atoms with Gasteiger partial charge in [0.1, 0.15) is 24.4 Å². The summed E-state index contributed by atoms with van der Waals surface area (Å²) in [5, 5.41) is 19.8. The van der Waals surface area contributed by atoms with Gasteiger partial charge in [-0.2, -0.15) is 5.10 Å². The summed E-state index contributed by atoms with van der Waals surface area (Å²) in [6.07, 6.45) is 5.53. The highest BCUT2D eigenvalue weighted by atomic mass is 19.2. The molecule has 2 aliphatic rings. The van der Waals surface area contributed by atoms with Crippen molar-refractivity contribution in [2.45, 2.75) is 13.0 Å². The SMILES string of the molecule is O=C(Cn1cc(Nc2ncnc3cc(OCCCN4CC5C(CO)C5C4)ccc23)cn1)Nc1cccc(F)c1F. The number of nitrogens with zero attached hydrogens (tertiary/aromatic N) is 5. The van der Waals surface area contributed by atoms with Crippen molar-refractivity contribution in [1.82, 2.24) is 24.6 Å². The molecule has 1 saturated carbocycles. The Morgan fingerprint density at radius 3 is 2.83 bits per heavy atom. The number of aliphatic hydroxyl groups excluding tert-OH is 1. The first-order valence-corrected chi connectivity index (χ1v) is 13.2. The Morgan fingerprint density at radius 2 is 2.00 bits per heavy atom. The number of anilines is 3. The minimum atomic E-state index is -1.11. The van der Waals surface area contributed by atoms with E-state index in [1.165, 1.54) is 29.3 Å². The van der Waals surface area contributed by atoms with E-state index in [1.807, 2.05) is 18.2 Å². The molecule has 2 fully saturated rings. The lowest BCUT2D eigenvalue weighted by molar-refractivity contribution is -0.116. The molecule has 1 amide bonds. The Bertz CT molecular complexity index is 1520. The van der Waals surface area contributed by atoms with E-state index in [-0.39, 0.29) is 12.2 Å². The number of halogens is 2. The summed E-state index contributed by atoms with van der Waals surface area (Å²) in [6.45, 7) is 3.89. The highest BCUT2D eigenvalue weighted by molar-refractivity contribution is 5.92. The van der Waals surface area contributed by atoms with E-state index >= 15 is 0 Å². The fraction of sp³-hybridized carbons (Fsp3) is 0.357. The molecule has 2 aromatic heterocycles. The second-order valence-electron chi connectivity index (χ2n) is 10.2. The third-order valence-corrected chi connectivity index (χ3v) is 7.58. The number of carbonyl (C=O) groups excluding carboxylic acids is 1. The standard InChI is InChI=1S/C28H29F2N7O3/c29-23-3-1-4-24(27(23)30)35-26(39)14-37-11-17(10-33-37)34-28-19-6-5-18(9-25(19)31-16-32-28)40-8-2-7-36-12-20-21(13-36)22(20)15-38/h1,3-6,9-11,16,20-22,38H,2,7-8,12-15H2,(H,35,39)(H,31,32,34). The zero-order valence-corrected chi connectivity index (χ0v) is 21.6. The lowest BCUT2D eigenvalue weighted by Gasteiger charge is -2.18. The van der Waals surface area contributed by atoms with Crippen molar-refractivity contribution in [3.05, 3.63) is 66.8 Å². The molecule has 12 heteroatoms. The van der Waals surface area contributed by atoms with Crippen molar-refractivity contribution in [3.8, 4) is 5.75 Å². The number of ether oxygens (including phenoxy) is 1. The van der Waals surface area contributed by atoms with Crippen LogP contribution in [0.4, 0.5) is 26.0 Å². The van der Waals surface area contributed by atoms with Crippen LogP contribution >= 0.6 is 0 Å². The number of nitrogens with one attached hydrogen (secondary N) is 2. The zero-order chi connectivity index (χ0) is 27.6. The van der Waals surface area contributed by atoms with Crippen LogP contribution in [0.2, 0.25) is 0 Å². The molecule has 1 aliphatic heterocycles. The van der Waals surface area contributed by atoms with Gasteiger partial charge in [0, 0.05) is 43.9 Å². The van der Waals surface area contributed by atoms with Crippen LogP contribution in [-0.2, 0) is 11.3 Å². The number of benzene rings is 2. The smallest absolute Gasteiger partial charge is 0.246 e. The Hall–Kier alpha value is -4.16. The summed E-state index contributed by atoms with van der Waals surface area (Å²) in [4.78, 5) is 23.5. The van der Waals surface area contributed by atoms with Crippen LogP contribution < -0.4 is 15.4 Å². The molecule has 2 atom stereocenters. The third-order valence-electron chi connectivity index (χ3n) is 7.58. The van der Waals surface area contributed by atoms with Crippen molar-refractivity contribution < 1.29 is 23.4 Å². The Morgan fingerprint density at radius 1 is 1.15 bits per heavy atom. The zero-order valence-electron chi connectivity index (χ0n) is 21.6. The largest absolute Gasteiger partial charge is 0.493 e. The van der Waals surface area contributed by atoms with Gasteiger partial charge in [-0.05, 0) is 48.4 Å². The summed E-state index contributed by atoms with van der Waals surface area (Å²) in [6, 6.07) is 9.23. The Labute approximate surface area is 229 Å². The fourth-order valence-electron chi connectivity index (χ4n) is 5.48. The molecule has 2 aromatic carbocycles. The van der Waals surface area contributed by atoms with Crippen LogP contribution in [-0.4, -0.2) is 68.5 Å². The summed E-state index contributed by atoms with van der Waals surface area (Å²) >= 11 is 0. The van der Waals surface area contributed by atoms with Crippen molar-refractivity contribution in [1.29, 1.82) is 0 Å². The van der Waals surface area contributed by atoms with Gasteiger partial charge in [-0.3, -0.25) is 9.48 Å². The maximum Gasteiger partial charge on any atom is 0.246 e. The summed E-state index contributed by atoms with van der Waals surface area (Å²) in [5.74, 6) is 0.484. The van der Waals surface area contributed by atoms with Crippen molar-refractivity contribution in [2.75, 3.05) is 43.5 Å². The van der Waals surface area contributed by atoms with Gasteiger partial charge >= 0.3 is 0 Å². The molecule has 10 nitrogen and oxygen atoms in total. The van der Waals surface area contributed by atoms with Gasteiger partial charge in [0.05, 0.1) is 29.7 Å². The van der Waals surface area contributed by atoms with Gasteiger partial charge in [0.2, 0.25) is 5.91 Å². The number of likely N-dealkylation sites (tertiary alicyclic amines) is 1. The number of aromatic nitrogens is 4. The molecule has 0 bridgehead atoms. The number of amides is 1. The first kappa shape index (κ1) is 26.1. The maximum absolute atomic E-state index is 13.8. The molecule has 208 valence electrons. The second-order valence-corrected chi connectivity index (χ2v) is 10.2. The van der Waals surface area contributed by atoms with E-state index in [4.69, 9.17) is 4.74 Å². The van der Waals surface area contributed by atoms with E-state index in [1.54, 1.807) is 6.20 Å². The van der Waals surface area contributed by atoms with Gasteiger partial charge in [-0.25, -0.2) is 18.7 Å². The quantitative estimate of drug-likeness (QED) is 0.244. The minimum absolute atomic E-state index is 0.190. The fourth-order valence-corrected chi connectivity index (χ4v) is 5.48. The molecule has 2 unspecified atom stereocenters. The van der Waals surface area contributed by atoms with Crippen LogP contribution in [0.5, 0.6) is 5.75 Å². The number of hydrogen-bond acceptors (Lipinski definition) is 8. The van der Waals surface area contributed by atoms with E-state index in [9.17, 15) is 18.7 Å². The lowest BCUT2D eigenvalue weighted by Crippen LogP contribution is -2.27. The molecule has 0 spiro atoms. The molecule has 6 rings (SSSR count). The highest BCUT2D eigenvalue weighted by Crippen LogP contribution is 2.51. The molecule has 3 N–H and O–H groups in total. The first-order chi connectivity index (χ1) is 19.5. The van der Waals surface area contributed by atoms with Gasteiger partial charge in [0.25, 0.3) is 0 Å². The van der Waals surface area contributed by atoms with E-state index in [0.29, 0.717) is 48.0 Å². The van der Waals surface area contributed by atoms with Crippen molar-refractivity contribution in [3.63, 3.8) is 0 Å². The second kappa shape index (κ2) is 11.1. The number of piperidine rings is 1. The van der Waals surface area contributed by atoms with Gasteiger partial charge in [-0.1, -0.05) is 6.07 Å². The predicted octanol–water partition coefficient (Wildman–Crippen LogP) is 3.43. The Kier molecular flexibility index (Phi) is 7.27. The molecular formula is C28H29F2N7O3. The molecular weight excluding hydrogens is 520 g/mol. The third kappa shape index (κ3) is 5.58. The van der Waals surface area contributed by atoms with E-state index < -0.39 is 17.5 Å². The predicted molar refractivity (Wildman–Crippen MR) is 144 cm³/mol. The van der Waals surface area contributed by atoms with Gasteiger partial charge in [0.15, 0.2) is 11.6 Å². The number of aliphatic hydroxyl groups is 1. The maximum atomic E-state index is 13.8. The minimum Gasteiger partial charge on any atom is -0.493 e. The molecule has 0 radical (unpaired) electrons. The van der Waals surface area contributed by atoms with Crippen molar-refractivity contribution in [2.24, 2.45) is 17.8 Å². The Balaban J connectivity index is 1.01. The van der Waals surface area contributed by atoms with Crippen LogP contribution in [0.3, 0.4) is 0 Å². The number of rotatable bonds is 11. The summed E-state index contributed by atoms with van der Waals surface area (Å²) in [5.41, 5.74) is 1.08. The number of carbonyl (C=O) groups is 1. The van der Waals surface area contributed by atoms with Crippen LogP contribution in [0, 0.1) is 29.4 Å². The molecule has 40 heavy (non-hydrogen) atoms. The summed E-state index contributed by atoms with van der Waals surface area (Å²) in [7, 11) is 0. The van der Waals surface area contributed by atoms with Crippen LogP contribution in [0.25, 0.3) is 10.9 Å². The molecule has 1 aliphatic carbocycles. The van der Waals surface area contributed by atoms with Crippen LogP contribution in [0.15, 0.2) is 55.1 Å². The average molecular weight is 550 g/mol.